The number of anilines is 1. The number of aromatic nitrogens is 2. The van der Waals surface area contributed by atoms with Crippen LogP contribution in [-0.2, 0) is 7.05 Å². The molecule has 0 aliphatic heterocycles. The van der Waals surface area contributed by atoms with Crippen LogP contribution in [-0.4, -0.2) is 27.6 Å². The first kappa shape index (κ1) is 12.0. The number of thioether (sulfide) groups is 1. The van der Waals surface area contributed by atoms with Crippen LogP contribution in [0.1, 0.15) is 0 Å². The number of hydrogen-bond acceptors (Lipinski definition) is 3. The van der Waals surface area contributed by atoms with Gasteiger partial charge in [-0.15, -0.1) is 6.58 Å². The van der Waals surface area contributed by atoms with Gasteiger partial charge in [0.05, 0.1) is 11.0 Å². The summed E-state index contributed by atoms with van der Waals surface area (Å²) in [5.74, 6) is 3.00. The third-order valence-corrected chi connectivity index (χ3v) is 3.52. The van der Waals surface area contributed by atoms with Gasteiger partial charge in [-0.25, -0.2) is 4.98 Å². The van der Waals surface area contributed by atoms with Gasteiger partial charge >= 0.3 is 0 Å². The second-order valence-electron chi connectivity index (χ2n) is 3.77. The lowest BCUT2D eigenvalue weighted by Crippen LogP contribution is -2.08. The summed E-state index contributed by atoms with van der Waals surface area (Å²) in [6.07, 6.45) is 1.93. The van der Waals surface area contributed by atoms with E-state index in [1.165, 1.54) is 0 Å². The molecule has 0 saturated heterocycles. The van der Waals surface area contributed by atoms with Crippen molar-refractivity contribution in [2.24, 2.45) is 7.05 Å². The van der Waals surface area contributed by atoms with Gasteiger partial charge in [0.15, 0.2) is 0 Å². The molecule has 0 unspecified atom stereocenters. The summed E-state index contributed by atoms with van der Waals surface area (Å²) in [6, 6.07) is 8.17. The van der Waals surface area contributed by atoms with E-state index in [4.69, 9.17) is 0 Å². The second-order valence-corrected chi connectivity index (χ2v) is 4.92. The van der Waals surface area contributed by atoms with E-state index < -0.39 is 0 Å². The van der Waals surface area contributed by atoms with Gasteiger partial charge in [-0.2, -0.15) is 11.8 Å². The molecule has 90 valence electrons. The molecule has 1 aromatic heterocycles. The molecule has 2 rings (SSSR count). The zero-order chi connectivity index (χ0) is 12.1. The first-order valence-corrected chi connectivity index (χ1v) is 6.82. The largest absolute Gasteiger partial charge is 0.355 e. The van der Waals surface area contributed by atoms with Crippen molar-refractivity contribution >= 4 is 28.7 Å². The molecule has 0 fully saturated rings. The lowest BCUT2D eigenvalue weighted by Gasteiger charge is -2.05. The standard InChI is InChI=1S/C13H17N3S/c1-3-9-17-10-8-14-13-15-11-6-4-5-7-12(11)16(13)2/h3-7H,1,8-10H2,2H3,(H,14,15). The maximum Gasteiger partial charge on any atom is 0.203 e. The van der Waals surface area contributed by atoms with Crippen LogP contribution in [0.2, 0.25) is 0 Å². The fourth-order valence-corrected chi connectivity index (χ4v) is 2.29. The summed E-state index contributed by atoms with van der Waals surface area (Å²) >= 11 is 1.87. The monoisotopic (exact) mass is 247 g/mol. The number of nitrogens with one attached hydrogen (secondary N) is 1. The highest BCUT2D eigenvalue weighted by atomic mass is 32.2. The highest BCUT2D eigenvalue weighted by Gasteiger charge is 2.05. The third-order valence-electron chi connectivity index (χ3n) is 2.55. The van der Waals surface area contributed by atoms with Gasteiger partial charge in [0.2, 0.25) is 5.95 Å². The Morgan fingerprint density at radius 1 is 1.47 bits per heavy atom. The SMILES string of the molecule is C=CCSCCNc1nc2ccccc2n1C. The van der Waals surface area contributed by atoms with Crippen molar-refractivity contribution in [2.45, 2.75) is 0 Å². The molecule has 0 amide bonds. The third kappa shape index (κ3) is 2.82. The van der Waals surface area contributed by atoms with Crippen molar-refractivity contribution in [3.63, 3.8) is 0 Å². The molecule has 0 radical (unpaired) electrons. The first-order chi connectivity index (χ1) is 8.33. The van der Waals surface area contributed by atoms with Gasteiger partial charge in [-0.3, -0.25) is 0 Å². The summed E-state index contributed by atoms with van der Waals surface area (Å²) in [5, 5.41) is 3.36. The molecule has 0 spiro atoms. The Balaban J connectivity index is 1.99. The summed E-state index contributed by atoms with van der Waals surface area (Å²) in [5.41, 5.74) is 2.20. The zero-order valence-corrected chi connectivity index (χ0v) is 10.8. The lowest BCUT2D eigenvalue weighted by atomic mass is 10.3. The summed E-state index contributed by atoms with van der Waals surface area (Å²) in [7, 11) is 2.04. The van der Waals surface area contributed by atoms with Crippen molar-refractivity contribution in [1.82, 2.24) is 9.55 Å². The topological polar surface area (TPSA) is 29.9 Å². The maximum absolute atomic E-state index is 4.55. The van der Waals surface area contributed by atoms with Crippen molar-refractivity contribution in [1.29, 1.82) is 0 Å². The zero-order valence-electron chi connectivity index (χ0n) is 10.0. The predicted molar refractivity (Wildman–Crippen MR) is 76.7 cm³/mol. The highest BCUT2D eigenvalue weighted by Crippen LogP contribution is 2.17. The number of para-hydroxylation sites is 2. The summed E-state index contributed by atoms with van der Waals surface area (Å²) in [4.78, 5) is 4.55. The van der Waals surface area contributed by atoms with E-state index in [0.717, 1.165) is 35.0 Å². The van der Waals surface area contributed by atoms with Crippen LogP contribution in [0.4, 0.5) is 5.95 Å². The fraction of sp³-hybridized carbons (Fsp3) is 0.308. The van der Waals surface area contributed by atoms with Crippen LogP contribution in [0.15, 0.2) is 36.9 Å². The minimum absolute atomic E-state index is 0.926. The fourth-order valence-electron chi connectivity index (χ4n) is 1.71. The van der Waals surface area contributed by atoms with Crippen LogP contribution >= 0.6 is 11.8 Å². The Morgan fingerprint density at radius 2 is 2.29 bits per heavy atom. The number of benzene rings is 1. The van der Waals surface area contributed by atoms with Crippen molar-refractivity contribution in [2.75, 3.05) is 23.4 Å². The van der Waals surface area contributed by atoms with Gasteiger partial charge < -0.3 is 9.88 Å². The molecular formula is C13H17N3S. The average Bonchev–Trinajstić information content (AvgIpc) is 2.67. The minimum atomic E-state index is 0.926. The van der Waals surface area contributed by atoms with E-state index >= 15 is 0 Å². The molecule has 0 atom stereocenters. The van der Waals surface area contributed by atoms with E-state index in [-0.39, 0.29) is 0 Å². The van der Waals surface area contributed by atoms with Gasteiger partial charge in [-0.05, 0) is 12.1 Å². The second kappa shape index (κ2) is 5.77. The number of rotatable bonds is 6. The molecule has 2 aromatic rings. The van der Waals surface area contributed by atoms with Crippen LogP contribution in [0.5, 0.6) is 0 Å². The summed E-state index contributed by atoms with van der Waals surface area (Å²) < 4.78 is 2.09. The van der Waals surface area contributed by atoms with E-state index in [1.807, 2.05) is 43.1 Å². The molecule has 0 aliphatic rings. The van der Waals surface area contributed by atoms with Crippen molar-refractivity contribution in [3.05, 3.63) is 36.9 Å². The van der Waals surface area contributed by atoms with E-state index in [0.29, 0.717) is 0 Å². The van der Waals surface area contributed by atoms with Gasteiger partial charge in [0, 0.05) is 25.1 Å². The van der Waals surface area contributed by atoms with Crippen molar-refractivity contribution in [3.8, 4) is 0 Å². The molecule has 0 aliphatic carbocycles. The van der Waals surface area contributed by atoms with E-state index in [2.05, 4.69) is 27.5 Å². The average molecular weight is 247 g/mol. The van der Waals surface area contributed by atoms with E-state index in [9.17, 15) is 0 Å². The molecule has 1 aromatic carbocycles. The molecule has 17 heavy (non-hydrogen) atoms. The van der Waals surface area contributed by atoms with Crippen molar-refractivity contribution < 1.29 is 0 Å². The van der Waals surface area contributed by atoms with E-state index in [1.54, 1.807) is 0 Å². The van der Waals surface area contributed by atoms with Crippen LogP contribution in [0.3, 0.4) is 0 Å². The molecule has 0 saturated carbocycles. The quantitative estimate of drug-likeness (QED) is 0.629. The molecule has 1 N–H and O–H groups in total. The van der Waals surface area contributed by atoms with Gasteiger partial charge in [0.1, 0.15) is 0 Å². The Kier molecular flexibility index (Phi) is 4.09. The van der Waals surface area contributed by atoms with Gasteiger partial charge in [0.25, 0.3) is 0 Å². The van der Waals surface area contributed by atoms with Gasteiger partial charge in [-0.1, -0.05) is 18.2 Å². The number of fused-ring (bicyclic) bond motifs is 1. The Hall–Kier alpha value is -1.42. The molecule has 0 bridgehead atoms. The van der Waals surface area contributed by atoms with Crippen LogP contribution < -0.4 is 5.32 Å². The summed E-state index contributed by atoms with van der Waals surface area (Å²) in [6.45, 7) is 4.63. The smallest absolute Gasteiger partial charge is 0.203 e. The van der Waals surface area contributed by atoms with Crippen LogP contribution in [0, 0.1) is 0 Å². The normalized spacial score (nSPS) is 10.6. The minimum Gasteiger partial charge on any atom is -0.355 e. The number of nitrogens with zero attached hydrogens (tertiary/aromatic N) is 2. The van der Waals surface area contributed by atoms with Crippen LogP contribution in [0.25, 0.3) is 11.0 Å². The molecule has 4 heteroatoms. The number of hydrogen-bond donors (Lipinski definition) is 1. The number of aryl methyl sites for hydroxylation is 1. The Morgan fingerprint density at radius 3 is 3.06 bits per heavy atom. The Labute approximate surface area is 106 Å². The Bertz CT molecular complexity index is 504. The number of imidazole rings is 1. The molecule has 1 heterocycles. The molecule has 3 nitrogen and oxygen atoms in total. The highest BCUT2D eigenvalue weighted by molar-refractivity contribution is 7.99. The predicted octanol–water partition coefficient (Wildman–Crippen LogP) is 2.90. The first-order valence-electron chi connectivity index (χ1n) is 5.67. The maximum atomic E-state index is 4.55. The lowest BCUT2D eigenvalue weighted by molar-refractivity contribution is 0.938. The molecular weight excluding hydrogens is 230 g/mol.